The third-order valence-electron chi connectivity index (χ3n) is 3.05. The smallest absolute Gasteiger partial charge is 0.135 e. The van der Waals surface area contributed by atoms with Crippen LogP contribution in [0.1, 0.15) is 5.56 Å². The van der Waals surface area contributed by atoms with E-state index in [-0.39, 0.29) is 10.6 Å². The summed E-state index contributed by atoms with van der Waals surface area (Å²) < 4.78 is 19.1. The first-order valence-electron chi connectivity index (χ1n) is 6.00. The van der Waals surface area contributed by atoms with Gasteiger partial charge in [0.05, 0.1) is 7.11 Å². The second-order valence-electron chi connectivity index (χ2n) is 4.29. The molecule has 0 unspecified atom stereocenters. The number of ether oxygens (including phenoxy) is 1. The van der Waals surface area contributed by atoms with Gasteiger partial charge < -0.3 is 15.4 Å². The fourth-order valence-corrected chi connectivity index (χ4v) is 2.05. The molecule has 0 aromatic heterocycles. The maximum absolute atomic E-state index is 13.9. The van der Waals surface area contributed by atoms with Gasteiger partial charge in [0, 0.05) is 30.1 Å². The number of thiocarbonyl (C=S) groups is 1. The Labute approximate surface area is 122 Å². The molecule has 0 amide bonds. The van der Waals surface area contributed by atoms with Crippen LogP contribution in [0.15, 0.2) is 42.5 Å². The monoisotopic (exact) mass is 290 g/mol. The van der Waals surface area contributed by atoms with Gasteiger partial charge in [0.15, 0.2) is 0 Å². The SMILES string of the molecule is COc1cccc(N(C)c2ccc(C(N)=S)c(F)c2)c1. The molecule has 0 radical (unpaired) electrons. The van der Waals surface area contributed by atoms with Gasteiger partial charge in [0.2, 0.25) is 0 Å². The van der Waals surface area contributed by atoms with Crippen LogP contribution in [-0.2, 0) is 0 Å². The van der Waals surface area contributed by atoms with Gasteiger partial charge in [-0.1, -0.05) is 18.3 Å². The first-order chi connectivity index (χ1) is 9.52. The van der Waals surface area contributed by atoms with E-state index in [1.807, 2.05) is 36.2 Å². The van der Waals surface area contributed by atoms with Crippen LogP contribution in [0.3, 0.4) is 0 Å². The van der Waals surface area contributed by atoms with Crippen molar-refractivity contribution in [1.29, 1.82) is 0 Å². The highest BCUT2D eigenvalue weighted by Crippen LogP contribution is 2.27. The number of benzene rings is 2. The number of halogens is 1. The van der Waals surface area contributed by atoms with Crippen LogP contribution in [0, 0.1) is 5.82 Å². The third kappa shape index (κ3) is 2.88. The fraction of sp³-hybridized carbons (Fsp3) is 0.133. The van der Waals surface area contributed by atoms with Crippen LogP contribution >= 0.6 is 12.2 Å². The van der Waals surface area contributed by atoms with Crippen LogP contribution < -0.4 is 15.4 Å². The topological polar surface area (TPSA) is 38.5 Å². The molecular formula is C15H15FN2OS. The molecule has 0 saturated carbocycles. The molecule has 0 aliphatic heterocycles. The Bertz CT molecular complexity index is 646. The average molecular weight is 290 g/mol. The summed E-state index contributed by atoms with van der Waals surface area (Å²) >= 11 is 4.79. The molecule has 0 atom stereocenters. The number of nitrogens with two attached hydrogens (primary N) is 1. The van der Waals surface area contributed by atoms with Crippen molar-refractivity contribution in [3.8, 4) is 5.75 Å². The van der Waals surface area contributed by atoms with Crippen molar-refractivity contribution < 1.29 is 9.13 Å². The normalized spacial score (nSPS) is 10.2. The molecule has 2 rings (SSSR count). The second-order valence-corrected chi connectivity index (χ2v) is 4.73. The number of anilines is 2. The molecule has 104 valence electrons. The minimum Gasteiger partial charge on any atom is -0.497 e. The highest BCUT2D eigenvalue weighted by molar-refractivity contribution is 7.80. The zero-order chi connectivity index (χ0) is 14.7. The first kappa shape index (κ1) is 14.3. The standard InChI is InChI=1S/C15H15FN2OS/c1-18(10-4-3-5-12(8-10)19-2)11-6-7-13(15(17)20)14(16)9-11/h3-9H,1-2H3,(H2,17,20). The Kier molecular flexibility index (Phi) is 4.20. The quantitative estimate of drug-likeness (QED) is 0.877. The average Bonchev–Trinajstić information content (AvgIpc) is 2.46. The Morgan fingerprint density at radius 2 is 1.90 bits per heavy atom. The molecule has 0 heterocycles. The van der Waals surface area contributed by atoms with E-state index in [0.29, 0.717) is 5.69 Å². The first-order valence-corrected chi connectivity index (χ1v) is 6.41. The molecule has 3 nitrogen and oxygen atoms in total. The second kappa shape index (κ2) is 5.88. The summed E-state index contributed by atoms with van der Waals surface area (Å²) in [5, 5.41) is 0. The van der Waals surface area contributed by atoms with Crippen molar-refractivity contribution in [2.24, 2.45) is 5.73 Å². The van der Waals surface area contributed by atoms with Crippen LogP contribution in [-0.4, -0.2) is 19.1 Å². The highest BCUT2D eigenvalue weighted by Gasteiger charge is 2.10. The summed E-state index contributed by atoms with van der Waals surface area (Å²) in [6, 6.07) is 12.3. The summed E-state index contributed by atoms with van der Waals surface area (Å²) in [7, 11) is 3.46. The maximum atomic E-state index is 13.9. The Balaban J connectivity index is 2.35. The minimum atomic E-state index is -0.426. The van der Waals surface area contributed by atoms with E-state index in [2.05, 4.69) is 0 Å². The van der Waals surface area contributed by atoms with Gasteiger partial charge in [-0.05, 0) is 30.3 Å². The van der Waals surface area contributed by atoms with Crippen LogP contribution in [0.2, 0.25) is 0 Å². The molecule has 5 heteroatoms. The predicted molar refractivity (Wildman–Crippen MR) is 83.3 cm³/mol. The van der Waals surface area contributed by atoms with Gasteiger partial charge in [0.25, 0.3) is 0 Å². The lowest BCUT2D eigenvalue weighted by molar-refractivity contribution is 0.415. The lowest BCUT2D eigenvalue weighted by atomic mass is 10.1. The van der Waals surface area contributed by atoms with E-state index in [9.17, 15) is 4.39 Å². The molecule has 20 heavy (non-hydrogen) atoms. The van der Waals surface area contributed by atoms with Gasteiger partial charge in [-0.25, -0.2) is 4.39 Å². The van der Waals surface area contributed by atoms with Crippen molar-refractivity contribution in [3.63, 3.8) is 0 Å². The summed E-state index contributed by atoms with van der Waals surface area (Å²) in [5.74, 6) is 0.319. The molecule has 0 bridgehead atoms. The number of hydrogen-bond donors (Lipinski definition) is 1. The Morgan fingerprint density at radius 1 is 1.20 bits per heavy atom. The zero-order valence-electron chi connectivity index (χ0n) is 11.3. The van der Waals surface area contributed by atoms with E-state index in [1.54, 1.807) is 19.2 Å². The molecular weight excluding hydrogens is 275 g/mol. The van der Waals surface area contributed by atoms with Crippen LogP contribution in [0.5, 0.6) is 5.75 Å². The number of nitrogens with zero attached hydrogens (tertiary/aromatic N) is 1. The third-order valence-corrected chi connectivity index (χ3v) is 3.27. The van der Waals surface area contributed by atoms with E-state index >= 15 is 0 Å². The molecule has 2 N–H and O–H groups in total. The van der Waals surface area contributed by atoms with Gasteiger partial charge in [-0.2, -0.15) is 0 Å². The van der Waals surface area contributed by atoms with Crippen molar-refractivity contribution in [3.05, 3.63) is 53.8 Å². The van der Waals surface area contributed by atoms with E-state index in [0.717, 1.165) is 11.4 Å². The van der Waals surface area contributed by atoms with Gasteiger partial charge in [-0.3, -0.25) is 0 Å². The molecule has 0 spiro atoms. The molecule has 0 saturated heterocycles. The highest BCUT2D eigenvalue weighted by atomic mass is 32.1. The summed E-state index contributed by atoms with van der Waals surface area (Å²) in [6.45, 7) is 0. The molecule has 2 aromatic carbocycles. The van der Waals surface area contributed by atoms with Gasteiger partial charge in [0.1, 0.15) is 16.6 Å². The molecule has 0 fully saturated rings. The van der Waals surface area contributed by atoms with Gasteiger partial charge in [-0.15, -0.1) is 0 Å². The Morgan fingerprint density at radius 3 is 2.50 bits per heavy atom. The van der Waals surface area contributed by atoms with Crippen LogP contribution in [0.25, 0.3) is 0 Å². The number of rotatable bonds is 4. The van der Waals surface area contributed by atoms with Crippen LogP contribution in [0.4, 0.5) is 15.8 Å². The number of methoxy groups -OCH3 is 1. The van der Waals surface area contributed by atoms with Gasteiger partial charge >= 0.3 is 0 Å². The van der Waals surface area contributed by atoms with Crippen molar-refractivity contribution in [1.82, 2.24) is 0 Å². The van der Waals surface area contributed by atoms with Crippen molar-refractivity contribution >= 4 is 28.6 Å². The molecule has 2 aromatic rings. The largest absolute Gasteiger partial charge is 0.497 e. The summed E-state index contributed by atoms with van der Waals surface area (Å²) in [4.78, 5) is 1.91. The number of hydrogen-bond acceptors (Lipinski definition) is 3. The molecule has 0 aliphatic rings. The zero-order valence-corrected chi connectivity index (χ0v) is 12.1. The summed E-state index contributed by atoms with van der Waals surface area (Å²) in [6.07, 6.45) is 0. The van der Waals surface area contributed by atoms with E-state index in [4.69, 9.17) is 22.7 Å². The van der Waals surface area contributed by atoms with E-state index < -0.39 is 5.82 Å². The molecule has 0 aliphatic carbocycles. The fourth-order valence-electron chi connectivity index (χ4n) is 1.88. The Hall–Kier alpha value is -2.14. The maximum Gasteiger partial charge on any atom is 0.135 e. The van der Waals surface area contributed by atoms with Crippen molar-refractivity contribution in [2.45, 2.75) is 0 Å². The summed E-state index contributed by atoms with van der Waals surface area (Å²) in [5.41, 5.74) is 7.30. The van der Waals surface area contributed by atoms with E-state index in [1.165, 1.54) is 6.07 Å². The predicted octanol–water partition coefficient (Wildman–Crippen LogP) is 3.24. The lowest BCUT2D eigenvalue weighted by Crippen LogP contribution is -2.14. The lowest BCUT2D eigenvalue weighted by Gasteiger charge is -2.20. The van der Waals surface area contributed by atoms with Crippen molar-refractivity contribution in [2.75, 3.05) is 19.1 Å². The minimum absolute atomic E-state index is 0.0538.